The van der Waals surface area contributed by atoms with Gasteiger partial charge in [0, 0.05) is 12.6 Å². The molecule has 1 N–H and O–H groups in total. The van der Waals surface area contributed by atoms with Gasteiger partial charge in [-0.25, -0.2) is 9.18 Å². The Bertz CT molecular complexity index is 381. The summed E-state index contributed by atoms with van der Waals surface area (Å²) in [5.41, 5.74) is 1.01. The standard InChI is InChI=1S/C14H20FNO3/c1-3-19-14(17)10-18-9-8-16-11(2)12-4-6-13(15)7-5-12/h4-7,11,16H,3,8-10H2,1-2H3. The summed E-state index contributed by atoms with van der Waals surface area (Å²) in [5.74, 6) is -0.595. The second kappa shape index (κ2) is 8.61. The highest BCUT2D eigenvalue weighted by Gasteiger charge is 2.05. The molecule has 0 saturated heterocycles. The molecule has 0 aliphatic carbocycles. The zero-order chi connectivity index (χ0) is 14.1. The van der Waals surface area contributed by atoms with Crippen molar-refractivity contribution < 1.29 is 18.7 Å². The number of hydrogen-bond acceptors (Lipinski definition) is 4. The number of ether oxygens (including phenoxy) is 2. The summed E-state index contributed by atoms with van der Waals surface area (Å²) >= 11 is 0. The van der Waals surface area contributed by atoms with Crippen LogP contribution in [0.2, 0.25) is 0 Å². The van der Waals surface area contributed by atoms with Crippen molar-refractivity contribution in [3.05, 3.63) is 35.6 Å². The van der Waals surface area contributed by atoms with Crippen molar-refractivity contribution >= 4 is 5.97 Å². The minimum atomic E-state index is -0.353. The Morgan fingerprint density at radius 3 is 2.68 bits per heavy atom. The van der Waals surface area contributed by atoms with Gasteiger partial charge in [-0.15, -0.1) is 0 Å². The van der Waals surface area contributed by atoms with Crippen LogP contribution in [0.15, 0.2) is 24.3 Å². The maximum absolute atomic E-state index is 12.8. The molecule has 0 aromatic heterocycles. The van der Waals surface area contributed by atoms with Gasteiger partial charge in [0.05, 0.1) is 13.2 Å². The van der Waals surface area contributed by atoms with Gasteiger partial charge in [0.1, 0.15) is 12.4 Å². The molecule has 1 aromatic carbocycles. The molecule has 0 radical (unpaired) electrons. The van der Waals surface area contributed by atoms with Gasteiger partial charge >= 0.3 is 5.97 Å². The lowest BCUT2D eigenvalue weighted by Gasteiger charge is -2.14. The molecule has 1 atom stereocenters. The van der Waals surface area contributed by atoms with Crippen LogP contribution >= 0.6 is 0 Å². The van der Waals surface area contributed by atoms with E-state index in [9.17, 15) is 9.18 Å². The second-order valence-electron chi connectivity index (χ2n) is 4.08. The lowest BCUT2D eigenvalue weighted by Crippen LogP contribution is -2.24. The van der Waals surface area contributed by atoms with E-state index in [4.69, 9.17) is 9.47 Å². The van der Waals surface area contributed by atoms with Gasteiger partial charge < -0.3 is 14.8 Å². The average molecular weight is 269 g/mol. The van der Waals surface area contributed by atoms with E-state index >= 15 is 0 Å². The monoisotopic (exact) mass is 269 g/mol. The summed E-state index contributed by atoms with van der Waals surface area (Å²) in [6.07, 6.45) is 0. The number of carbonyl (C=O) groups is 1. The van der Waals surface area contributed by atoms with E-state index in [-0.39, 0.29) is 24.4 Å². The van der Waals surface area contributed by atoms with E-state index in [0.717, 1.165) is 5.56 Å². The van der Waals surface area contributed by atoms with E-state index in [2.05, 4.69) is 5.32 Å². The van der Waals surface area contributed by atoms with E-state index in [0.29, 0.717) is 19.8 Å². The van der Waals surface area contributed by atoms with Crippen LogP contribution in [-0.4, -0.2) is 32.3 Å². The van der Waals surface area contributed by atoms with Crippen LogP contribution in [0.25, 0.3) is 0 Å². The highest BCUT2D eigenvalue weighted by atomic mass is 19.1. The van der Waals surface area contributed by atoms with Gasteiger partial charge in [-0.2, -0.15) is 0 Å². The minimum Gasteiger partial charge on any atom is -0.464 e. The largest absolute Gasteiger partial charge is 0.464 e. The molecule has 0 saturated carbocycles. The number of halogens is 1. The first-order valence-corrected chi connectivity index (χ1v) is 6.35. The summed E-state index contributed by atoms with van der Waals surface area (Å²) in [4.78, 5) is 11.0. The molecule has 0 aliphatic heterocycles. The Morgan fingerprint density at radius 1 is 1.37 bits per heavy atom. The number of carbonyl (C=O) groups excluding carboxylic acids is 1. The van der Waals surface area contributed by atoms with Crippen LogP contribution < -0.4 is 5.32 Å². The third-order valence-corrected chi connectivity index (χ3v) is 2.59. The third kappa shape index (κ3) is 6.31. The van der Waals surface area contributed by atoms with Crippen molar-refractivity contribution in [3.8, 4) is 0 Å². The highest BCUT2D eigenvalue weighted by Crippen LogP contribution is 2.12. The molecule has 1 rings (SSSR count). The zero-order valence-electron chi connectivity index (χ0n) is 11.3. The number of benzene rings is 1. The molecule has 4 nitrogen and oxygen atoms in total. The normalized spacial score (nSPS) is 12.2. The van der Waals surface area contributed by atoms with Crippen molar-refractivity contribution in [1.29, 1.82) is 0 Å². The first kappa shape index (κ1) is 15.6. The molecular formula is C14H20FNO3. The molecule has 0 fully saturated rings. The number of esters is 1. The fourth-order valence-electron chi connectivity index (χ4n) is 1.58. The summed E-state index contributed by atoms with van der Waals surface area (Å²) < 4.78 is 22.6. The van der Waals surface area contributed by atoms with Gasteiger partial charge in [-0.3, -0.25) is 0 Å². The van der Waals surface area contributed by atoms with E-state index in [1.807, 2.05) is 6.92 Å². The van der Waals surface area contributed by atoms with Crippen LogP contribution in [0, 0.1) is 5.82 Å². The molecule has 0 aliphatic rings. The fourth-order valence-corrected chi connectivity index (χ4v) is 1.58. The summed E-state index contributed by atoms with van der Waals surface area (Å²) in [5, 5.41) is 3.22. The smallest absolute Gasteiger partial charge is 0.332 e. The third-order valence-electron chi connectivity index (χ3n) is 2.59. The Morgan fingerprint density at radius 2 is 2.05 bits per heavy atom. The van der Waals surface area contributed by atoms with Crippen LogP contribution in [-0.2, 0) is 14.3 Å². The summed E-state index contributed by atoms with van der Waals surface area (Å²) in [7, 11) is 0. The van der Waals surface area contributed by atoms with Crippen molar-refractivity contribution in [2.75, 3.05) is 26.4 Å². The molecule has 0 bridgehead atoms. The second-order valence-corrected chi connectivity index (χ2v) is 4.08. The maximum Gasteiger partial charge on any atom is 0.332 e. The van der Waals surface area contributed by atoms with Crippen molar-refractivity contribution in [2.24, 2.45) is 0 Å². The summed E-state index contributed by atoms with van der Waals surface area (Å²) in [6, 6.07) is 6.46. The Labute approximate surface area is 112 Å². The van der Waals surface area contributed by atoms with Crippen molar-refractivity contribution in [2.45, 2.75) is 19.9 Å². The topological polar surface area (TPSA) is 47.6 Å². The Hall–Kier alpha value is -1.46. The molecule has 0 spiro atoms. The molecule has 0 amide bonds. The Balaban J connectivity index is 2.15. The van der Waals surface area contributed by atoms with E-state index < -0.39 is 0 Å². The zero-order valence-corrected chi connectivity index (χ0v) is 11.3. The number of hydrogen-bond donors (Lipinski definition) is 1. The maximum atomic E-state index is 12.8. The van der Waals surface area contributed by atoms with Crippen molar-refractivity contribution in [3.63, 3.8) is 0 Å². The molecule has 1 unspecified atom stereocenters. The van der Waals surface area contributed by atoms with Gasteiger partial charge in [0.15, 0.2) is 0 Å². The molecule has 0 heterocycles. The predicted octanol–water partition coefficient (Wildman–Crippen LogP) is 2.06. The SMILES string of the molecule is CCOC(=O)COCCNC(C)c1ccc(F)cc1. The lowest BCUT2D eigenvalue weighted by atomic mass is 10.1. The Kier molecular flexibility index (Phi) is 7.07. The average Bonchev–Trinajstić information content (AvgIpc) is 2.39. The van der Waals surface area contributed by atoms with Crippen molar-refractivity contribution in [1.82, 2.24) is 5.32 Å². The van der Waals surface area contributed by atoms with Crippen LogP contribution in [0.5, 0.6) is 0 Å². The molecular weight excluding hydrogens is 249 g/mol. The van der Waals surface area contributed by atoms with E-state index in [1.165, 1.54) is 12.1 Å². The molecule has 5 heteroatoms. The fraction of sp³-hybridized carbons (Fsp3) is 0.500. The van der Waals surface area contributed by atoms with Crippen LogP contribution in [0.4, 0.5) is 4.39 Å². The number of rotatable bonds is 8. The van der Waals surface area contributed by atoms with Gasteiger partial charge in [0.2, 0.25) is 0 Å². The summed E-state index contributed by atoms with van der Waals surface area (Å²) in [6.45, 7) is 5.10. The highest BCUT2D eigenvalue weighted by molar-refractivity contribution is 5.70. The van der Waals surface area contributed by atoms with Crippen LogP contribution in [0.1, 0.15) is 25.5 Å². The predicted molar refractivity (Wildman–Crippen MR) is 70.3 cm³/mol. The molecule has 1 aromatic rings. The molecule has 106 valence electrons. The van der Waals surface area contributed by atoms with Gasteiger partial charge in [0.25, 0.3) is 0 Å². The number of nitrogens with one attached hydrogen (secondary N) is 1. The van der Waals surface area contributed by atoms with E-state index in [1.54, 1.807) is 19.1 Å². The quantitative estimate of drug-likeness (QED) is 0.579. The first-order valence-electron chi connectivity index (χ1n) is 6.35. The van der Waals surface area contributed by atoms with Gasteiger partial charge in [-0.1, -0.05) is 12.1 Å². The lowest BCUT2D eigenvalue weighted by molar-refractivity contribution is -0.148. The first-order chi connectivity index (χ1) is 9.13. The molecule has 19 heavy (non-hydrogen) atoms. The van der Waals surface area contributed by atoms with Crippen LogP contribution in [0.3, 0.4) is 0 Å². The minimum absolute atomic E-state index is 0.0273. The van der Waals surface area contributed by atoms with Gasteiger partial charge in [-0.05, 0) is 31.5 Å².